The van der Waals surface area contributed by atoms with Gasteiger partial charge in [0, 0.05) is 0 Å². The molecule has 0 aromatic heterocycles. The highest BCUT2D eigenvalue weighted by atomic mass is 16.4. The van der Waals surface area contributed by atoms with Gasteiger partial charge in [-0.15, -0.1) is 0 Å². The first-order valence-electron chi connectivity index (χ1n) is 5.58. The average molecular weight is 212 g/mol. The second kappa shape index (κ2) is 4.79. The average Bonchev–Trinajstić information content (AvgIpc) is 2.17. The molecule has 0 aromatic carbocycles. The molecule has 0 bridgehead atoms. The van der Waals surface area contributed by atoms with Gasteiger partial charge in [-0.1, -0.05) is 11.6 Å². The summed E-state index contributed by atoms with van der Waals surface area (Å²) >= 11 is 0. The normalized spacial score (nSPS) is 22.7. The second-order valence-corrected chi connectivity index (χ2v) is 4.67. The largest absolute Gasteiger partial charge is 0.481 e. The van der Waals surface area contributed by atoms with Crippen LogP contribution in [0.4, 0.5) is 0 Å². The standard InChI is InChI=1S/C12H20O3/c1-9(13)8-12(2,11(14)15)10-6-4-3-5-7-10/h6,9,13H,3-5,7-8H2,1-2H3,(H,14,15). The van der Waals surface area contributed by atoms with Crippen LogP contribution < -0.4 is 0 Å². The Morgan fingerprint density at radius 2 is 2.27 bits per heavy atom. The predicted octanol–water partition coefficient (Wildman–Crippen LogP) is 2.35. The van der Waals surface area contributed by atoms with E-state index in [4.69, 9.17) is 0 Å². The number of aliphatic hydroxyl groups is 1. The molecule has 15 heavy (non-hydrogen) atoms. The molecule has 86 valence electrons. The summed E-state index contributed by atoms with van der Waals surface area (Å²) in [7, 11) is 0. The van der Waals surface area contributed by atoms with Crippen molar-refractivity contribution in [3.8, 4) is 0 Å². The lowest BCUT2D eigenvalue weighted by atomic mass is 9.73. The van der Waals surface area contributed by atoms with Crippen molar-refractivity contribution < 1.29 is 15.0 Å². The first-order chi connectivity index (χ1) is 6.97. The molecule has 0 aromatic rings. The van der Waals surface area contributed by atoms with Crippen molar-refractivity contribution in [3.05, 3.63) is 11.6 Å². The Hall–Kier alpha value is -0.830. The van der Waals surface area contributed by atoms with Crippen LogP contribution >= 0.6 is 0 Å². The van der Waals surface area contributed by atoms with Crippen LogP contribution in [0.1, 0.15) is 46.0 Å². The van der Waals surface area contributed by atoms with E-state index in [0.717, 1.165) is 31.3 Å². The number of aliphatic hydroxyl groups excluding tert-OH is 1. The quantitative estimate of drug-likeness (QED) is 0.703. The summed E-state index contributed by atoms with van der Waals surface area (Å²) in [5.74, 6) is -0.823. The van der Waals surface area contributed by atoms with Crippen LogP contribution in [0.3, 0.4) is 0 Å². The molecule has 2 unspecified atom stereocenters. The van der Waals surface area contributed by atoms with Crippen LogP contribution in [0.5, 0.6) is 0 Å². The molecule has 0 amide bonds. The summed E-state index contributed by atoms with van der Waals surface area (Å²) in [5.41, 5.74) is 0.108. The molecule has 0 heterocycles. The molecule has 0 spiro atoms. The van der Waals surface area contributed by atoms with E-state index in [9.17, 15) is 15.0 Å². The molecule has 1 aliphatic carbocycles. The van der Waals surface area contributed by atoms with Crippen molar-refractivity contribution >= 4 is 5.97 Å². The van der Waals surface area contributed by atoms with Crippen molar-refractivity contribution in [1.82, 2.24) is 0 Å². The number of allylic oxidation sites excluding steroid dienone is 1. The van der Waals surface area contributed by atoms with Gasteiger partial charge in [-0.25, -0.2) is 0 Å². The molecule has 1 rings (SSSR count). The van der Waals surface area contributed by atoms with Crippen molar-refractivity contribution in [3.63, 3.8) is 0 Å². The van der Waals surface area contributed by atoms with Crippen molar-refractivity contribution in [2.75, 3.05) is 0 Å². The first kappa shape index (κ1) is 12.2. The van der Waals surface area contributed by atoms with Gasteiger partial charge < -0.3 is 10.2 Å². The summed E-state index contributed by atoms with van der Waals surface area (Å²) in [5, 5.41) is 18.7. The maximum absolute atomic E-state index is 11.3. The van der Waals surface area contributed by atoms with Gasteiger partial charge in [0.1, 0.15) is 0 Å². The summed E-state index contributed by atoms with van der Waals surface area (Å²) < 4.78 is 0. The lowest BCUT2D eigenvalue weighted by Gasteiger charge is -2.31. The number of hydrogen-bond donors (Lipinski definition) is 2. The minimum atomic E-state index is -0.880. The Morgan fingerprint density at radius 1 is 1.60 bits per heavy atom. The monoisotopic (exact) mass is 212 g/mol. The van der Waals surface area contributed by atoms with E-state index in [2.05, 4.69) is 0 Å². The minimum absolute atomic E-state index is 0.300. The van der Waals surface area contributed by atoms with Crippen LogP contribution in [0.15, 0.2) is 11.6 Å². The highest BCUT2D eigenvalue weighted by molar-refractivity contribution is 5.78. The smallest absolute Gasteiger partial charge is 0.313 e. The number of aliphatic carboxylic acids is 1. The van der Waals surface area contributed by atoms with Crippen molar-refractivity contribution in [2.24, 2.45) is 5.41 Å². The Labute approximate surface area is 90.8 Å². The van der Waals surface area contributed by atoms with Gasteiger partial charge in [-0.2, -0.15) is 0 Å². The van der Waals surface area contributed by atoms with Crippen LogP contribution in [-0.4, -0.2) is 22.3 Å². The lowest BCUT2D eigenvalue weighted by Crippen LogP contribution is -2.33. The molecule has 0 radical (unpaired) electrons. The molecule has 0 saturated heterocycles. The molecule has 0 saturated carbocycles. The summed E-state index contributed by atoms with van der Waals surface area (Å²) in [6.45, 7) is 3.36. The minimum Gasteiger partial charge on any atom is -0.481 e. The third-order valence-corrected chi connectivity index (χ3v) is 3.18. The van der Waals surface area contributed by atoms with Crippen molar-refractivity contribution in [1.29, 1.82) is 0 Å². The van der Waals surface area contributed by atoms with Crippen LogP contribution in [-0.2, 0) is 4.79 Å². The van der Waals surface area contributed by atoms with E-state index in [0.29, 0.717) is 6.42 Å². The van der Waals surface area contributed by atoms with Gasteiger partial charge in [0.15, 0.2) is 0 Å². The number of carboxylic acids is 1. The maximum Gasteiger partial charge on any atom is 0.313 e. The lowest BCUT2D eigenvalue weighted by molar-refractivity contribution is -0.147. The zero-order valence-corrected chi connectivity index (χ0v) is 9.49. The van der Waals surface area contributed by atoms with Gasteiger partial charge in [-0.05, 0) is 46.0 Å². The van der Waals surface area contributed by atoms with Gasteiger partial charge in [-0.3, -0.25) is 4.79 Å². The fraction of sp³-hybridized carbons (Fsp3) is 0.750. The molecule has 0 fully saturated rings. The number of hydrogen-bond acceptors (Lipinski definition) is 2. The Balaban J connectivity index is 2.89. The zero-order chi connectivity index (χ0) is 11.5. The Morgan fingerprint density at radius 3 is 2.67 bits per heavy atom. The highest BCUT2D eigenvalue weighted by Crippen LogP contribution is 2.38. The summed E-state index contributed by atoms with van der Waals surface area (Å²) in [4.78, 5) is 11.3. The van der Waals surface area contributed by atoms with Crippen LogP contribution in [0.25, 0.3) is 0 Å². The topological polar surface area (TPSA) is 57.5 Å². The third-order valence-electron chi connectivity index (χ3n) is 3.18. The number of rotatable bonds is 4. The fourth-order valence-electron chi connectivity index (χ4n) is 2.29. The highest BCUT2D eigenvalue weighted by Gasteiger charge is 2.38. The van der Waals surface area contributed by atoms with E-state index in [-0.39, 0.29) is 0 Å². The SMILES string of the molecule is CC(O)CC(C)(C(=O)O)C1=CCCCC1. The molecule has 2 atom stereocenters. The molecular weight excluding hydrogens is 192 g/mol. The third kappa shape index (κ3) is 2.81. The van der Waals surface area contributed by atoms with E-state index in [1.807, 2.05) is 6.08 Å². The molecule has 3 nitrogen and oxygen atoms in total. The van der Waals surface area contributed by atoms with E-state index in [1.54, 1.807) is 13.8 Å². The number of carboxylic acid groups (broad SMARTS) is 1. The second-order valence-electron chi connectivity index (χ2n) is 4.67. The van der Waals surface area contributed by atoms with Crippen LogP contribution in [0.2, 0.25) is 0 Å². The Bertz CT molecular complexity index is 268. The molecule has 3 heteroatoms. The fourth-order valence-corrected chi connectivity index (χ4v) is 2.29. The molecule has 0 aliphatic heterocycles. The van der Waals surface area contributed by atoms with Gasteiger partial charge in [0.25, 0.3) is 0 Å². The first-order valence-corrected chi connectivity index (χ1v) is 5.58. The van der Waals surface area contributed by atoms with E-state index in [1.165, 1.54) is 0 Å². The molecule has 1 aliphatic rings. The predicted molar refractivity (Wildman–Crippen MR) is 58.6 cm³/mol. The zero-order valence-electron chi connectivity index (χ0n) is 9.49. The van der Waals surface area contributed by atoms with Gasteiger partial charge in [0.05, 0.1) is 11.5 Å². The maximum atomic E-state index is 11.3. The van der Waals surface area contributed by atoms with Crippen molar-refractivity contribution in [2.45, 2.75) is 52.1 Å². The number of carbonyl (C=O) groups is 1. The van der Waals surface area contributed by atoms with Crippen LogP contribution in [0, 0.1) is 5.41 Å². The summed E-state index contributed by atoms with van der Waals surface area (Å²) in [6.07, 6.45) is 5.80. The molecule has 2 N–H and O–H groups in total. The van der Waals surface area contributed by atoms with E-state index >= 15 is 0 Å². The van der Waals surface area contributed by atoms with E-state index < -0.39 is 17.5 Å². The van der Waals surface area contributed by atoms with Gasteiger partial charge >= 0.3 is 5.97 Å². The molecular formula is C12H20O3. The summed E-state index contributed by atoms with van der Waals surface area (Å²) in [6, 6.07) is 0. The van der Waals surface area contributed by atoms with Gasteiger partial charge in [0.2, 0.25) is 0 Å². The Kier molecular flexibility index (Phi) is 3.91.